The second kappa shape index (κ2) is 4.64. The molecule has 0 aromatic heterocycles. The van der Waals surface area contributed by atoms with Gasteiger partial charge in [0.15, 0.2) is 12.2 Å². The van der Waals surface area contributed by atoms with Crippen LogP contribution >= 0.6 is 0 Å². The molecular formula is C9H12O5. The zero-order valence-electron chi connectivity index (χ0n) is 8.06. The fourth-order valence-electron chi connectivity index (χ4n) is 1.12. The molecule has 0 spiro atoms. The minimum atomic E-state index is -0.554. The molecule has 5 nitrogen and oxygen atoms in total. The molecule has 1 aliphatic heterocycles. The van der Waals surface area contributed by atoms with Crippen LogP contribution in [0.2, 0.25) is 0 Å². The standard InChI is InChI=1S/C9H12O5/c1-6(10)13-8-3-4-12-5-9(8)14-7(2)11/h3-4,8-9H,5H2,1-2H3/t8?,9-/m0/s1. The molecule has 0 bridgehead atoms. The fourth-order valence-corrected chi connectivity index (χ4v) is 1.12. The molecule has 0 saturated heterocycles. The Morgan fingerprint density at radius 2 is 1.93 bits per heavy atom. The van der Waals surface area contributed by atoms with Gasteiger partial charge in [-0.3, -0.25) is 9.59 Å². The Morgan fingerprint density at radius 3 is 2.50 bits per heavy atom. The summed E-state index contributed by atoms with van der Waals surface area (Å²) < 4.78 is 14.8. The summed E-state index contributed by atoms with van der Waals surface area (Å²) in [5.41, 5.74) is 0. The van der Waals surface area contributed by atoms with Crippen molar-refractivity contribution in [3.8, 4) is 0 Å². The highest BCUT2D eigenvalue weighted by molar-refractivity contribution is 5.67. The first-order valence-corrected chi connectivity index (χ1v) is 4.22. The van der Waals surface area contributed by atoms with E-state index < -0.39 is 24.1 Å². The SMILES string of the molecule is CC(=O)OC1C=COC[C@@H]1OC(C)=O. The van der Waals surface area contributed by atoms with E-state index in [1.807, 2.05) is 0 Å². The van der Waals surface area contributed by atoms with Crippen molar-refractivity contribution in [3.63, 3.8) is 0 Å². The molecule has 0 radical (unpaired) electrons. The maximum absolute atomic E-state index is 10.7. The lowest BCUT2D eigenvalue weighted by atomic mass is 10.2. The minimum absolute atomic E-state index is 0.202. The van der Waals surface area contributed by atoms with Crippen LogP contribution in [0.15, 0.2) is 12.3 Å². The van der Waals surface area contributed by atoms with Crippen molar-refractivity contribution >= 4 is 11.9 Å². The molecule has 78 valence electrons. The fraction of sp³-hybridized carbons (Fsp3) is 0.556. The van der Waals surface area contributed by atoms with Gasteiger partial charge < -0.3 is 14.2 Å². The van der Waals surface area contributed by atoms with Crippen LogP contribution in [0.1, 0.15) is 13.8 Å². The first kappa shape index (κ1) is 10.6. The highest BCUT2D eigenvalue weighted by Gasteiger charge is 2.27. The van der Waals surface area contributed by atoms with Crippen molar-refractivity contribution in [2.75, 3.05) is 6.61 Å². The molecule has 1 aliphatic rings. The lowest BCUT2D eigenvalue weighted by molar-refractivity contribution is -0.166. The van der Waals surface area contributed by atoms with E-state index in [0.717, 1.165) is 0 Å². The van der Waals surface area contributed by atoms with Crippen molar-refractivity contribution < 1.29 is 23.8 Å². The molecule has 0 aliphatic carbocycles. The molecule has 0 fully saturated rings. The molecule has 1 heterocycles. The van der Waals surface area contributed by atoms with Crippen molar-refractivity contribution in [2.24, 2.45) is 0 Å². The summed E-state index contributed by atoms with van der Waals surface area (Å²) in [4.78, 5) is 21.4. The van der Waals surface area contributed by atoms with Crippen molar-refractivity contribution in [3.05, 3.63) is 12.3 Å². The summed E-state index contributed by atoms with van der Waals surface area (Å²) in [6, 6.07) is 0. The zero-order chi connectivity index (χ0) is 10.6. The van der Waals surface area contributed by atoms with Crippen LogP contribution in [0.5, 0.6) is 0 Å². The highest BCUT2D eigenvalue weighted by Crippen LogP contribution is 2.12. The summed E-state index contributed by atoms with van der Waals surface area (Å²) >= 11 is 0. The average Bonchev–Trinajstić information content (AvgIpc) is 2.06. The molecule has 0 aromatic carbocycles. The summed E-state index contributed by atoms with van der Waals surface area (Å²) in [5, 5.41) is 0. The monoisotopic (exact) mass is 200 g/mol. The third kappa shape index (κ3) is 3.08. The molecule has 1 unspecified atom stereocenters. The van der Waals surface area contributed by atoms with Gasteiger partial charge in [-0.05, 0) is 6.08 Å². The van der Waals surface area contributed by atoms with E-state index in [-0.39, 0.29) is 6.61 Å². The largest absolute Gasteiger partial charge is 0.497 e. The zero-order valence-corrected chi connectivity index (χ0v) is 8.06. The predicted molar refractivity (Wildman–Crippen MR) is 46.2 cm³/mol. The Labute approximate surface area is 81.6 Å². The molecule has 0 aromatic rings. The van der Waals surface area contributed by atoms with Crippen LogP contribution < -0.4 is 0 Å². The number of ether oxygens (including phenoxy) is 3. The van der Waals surface area contributed by atoms with E-state index in [1.165, 1.54) is 20.1 Å². The van der Waals surface area contributed by atoms with Gasteiger partial charge in [-0.2, -0.15) is 0 Å². The van der Waals surface area contributed by atoms with Gasteiger partial charge in [0.2, 0.25) is 0 Å². The maximum Gasteiger partial charge on any atom is 0.303 e. The first-order chi connectivity index (χ1) is 6.59. The molecule has 0 amide bonds. The van der Waals surface area contributed by atoms with Gasteiger partial charge in [-0.1, -0.05) is 0 Å². The number of carbonyl (C=O) groups is 2. The smallest absolute Gasteiger partial charge is 0.303 e. The summed E-state index contributed by atoms with van der Waals surface area (Å²) in [7, 11) is 0. The van der Waals surface area contributed by atoms with Crippen LogP contribution in [0.3, 0.4) is 0 Å². The van der Waals surface area contributed by atoms with Crippen molar-refractivity contribution in [2.45, 2.75) is 26.1 Å². The Bertz CT molecular complexity index is 258. The van der Waals surface area contributed by atoms with E-state index in [4.69, 9.17) is 14.2 Å². The lowest BCUT2D eigenvalue weighted by Crippen LogP contribution is -2.38. The second-order valence-corrected chi connectivity index (χ2v) is 2.88. The lowest BCUT2D eigenvalue weighted by Gasteiger charge is -2.26. The summed E-state index contributed by atoms with van der Waals surface area (Å²) in [5.74, 6) is -0.843. The predicted octanol–water partition coefficient (Wildman–Crippen LogP) is 0.394. The van der Waals surface area contributed by atoms with Crippen LogP contribution in [-0.4, -0.2) is 30.8 Å². The number of hydrogen-bond acceptors (Lipinski definition) is 5. The molecular weight excluding hydrogens is 188 g/mol. The van der Waals surface area contributed by atoms with Crippen LogP contribution in [-0.2, 0) is 23.8 Å². The number of esters is 2. The van der Waals surface area contributed by atoms with E-state index in [1.54, 1.807) is 6.08 Å². The Morgan fingerprint density at radius 1 is 1.29 bits per heavy atom. The third-order valence-corrected chi connectivity index (χ3v) is 1.61. The Hall–Kier alpha value is -1.52. The average molecular weight is 200 g/mol. The van der Waals surface area contributed by atoms with E-state index in [2.05, 4.69) is 0 Å². The normalized spacial score (nSPS) is 25.0. The number of carbonyl (C=O) groups excluding carboxylic acids is 2. The van der Waals surface area contributed by atoms with Gasteiger partial charge in [0.1, 0.15) is 6.61 Å². The second-order valence-electron chi connectivity index (χ2n) is 2.88. The van der Waals surface area contributed by atoms with Crippen LogP contribution in [0.25, 0.3) is 0 Å². The van der Waals surface area contributed by atoms with Gasteiger partial charge in [0, 0.05) is 13.8 Å². The molecule has 0 saturated carbocycles. The van der Waals surface area contributed by atoms with Gasteiger partial charge in [-0.25, -0.2) is 0 Å². The van der Waals surface area contributed by atoms with Gasteiger partial charge in [0.05, 0.1) is 6.26 Å². The molecule has 0 N–H and O–H groups in total. The first-order valence-electron chi connectivity index (χ1n) is 4.22. The van der Waals surface area contributed by atoms with Crippen molar-refractivity contribution in [1.82, 2.24) is 0 Å². The molecule has 2 atom stereocenters. The van der Waals surface area contributed by atoms with E-state index >= 15 is 0 Å². The molecule has 5 heteroatoms. The van der Waals surface area contributed by atoms with Gasteiger partial charge >= 0.3 is 11.9 Å². The Kier molecular flexibility index (Phi) is 3.50. The summed E-state index contributed by atoms with van der Waals surface area (Å²) in [6.07, 6.45) is 1.86. The van der Waals surface area contributed by atoms with Gasteiger partial charge in [0.25, 0.3) is 0 Å². The Balaban J connectivity index is 2.57. The topological polar surface area (TPSA) is 61.8 Å². The van der Waals surface area contributed by atoms with Crippen LogP contribution in [0.4, 0.5) is 0 Å². The number of rotatable bonds is 2. The quantitative estimate of drug-likeness (QED) is 0.603. The number of hydrogen-bond donors (Lipinski definition) is 0. The van der Waals surface area contributed by atoms with Gasteiger partial charge in [-0.15, -0.1) is 0 Å². The molecule has 14 heavy (non-hydrogen) atoms. The summed E-state index contributed by atoms with van der Waals surface area (Å²) in [6.45, 7) is 2.80. The highest BCUT2D eigenvalue weighted by atomic mass is 16.6. The van der Waals surface area contributed by atoms with E-state index in [9.17, 15) is 9.59 Å². The van der Waals surface area contributed by atoms with E-state index in [0.29, 0.717) is 0 Å². The van der Waals surface area contributed by atoms with Crippen LogP contribution in [0, 0.1) is 0 Å². The maximum atomic E-state index is 10.7. The minimum Gasteiger partial charge on any atom is -0.497 e. The molecule has 1 rings (SSSR count). The third-order valence-electron chi connectivity index (χ3n) is 1.61. The van der Waals surface area contributed by atoms with Crippen molar-refractivity contribution in [1.29, 1.82) is 0 Å².